The van der Waals surface area contributed by atoms with Crippen LogP contribution >= 0.6 is 0 Å². The van der Waals surface area contributed by atoms with Crippen LogP contribution in [0.4, 0.5) is 0 Å². The predicted octanol–water partition coefficient (Wildman–Crippen LogP) is 0.658. The van der Waals surface area contributed by atoms with Crippen LogP contribution in [-0.2, 0) is 0 Å². The lowest BCUT2D eigenvalue weighted by Crippen LogP contribution is -2.54. The summed E-state index contributed by atoms with van der Waals surface area (Å²) in [5.41, 5.74) is -0.262. The molecule has 2 fully saturated rings. The molecule has 0 unspecified atom stereocenters. The van der Waals surface area contributed by atoms with Gasteiger partial charge in [0.1, 0.15) is 5.54 Å². The smallest absolute Gasteiger partial charge is 0.108 e. The molecule has 2 rings (SSSR count). The summed E-state index contributed by atoms with van der Waals surface area (Å²) in [5, 5.41) is 12.4. The molecule has 0 aliphatic carbocycles. The molecule has 17 heavy (non-hydrogen) atoms. The summed E-state index contributed by atoms with van der Waals surface area (Å²) >= 11 is 0. The highest BCUT2D eigenvalue weighted by atomic mass is 15.2. The van der Waals surface area contributed by atoms with Crippen molar-refractivity contribution in [1.29, 1.82) is 5.26 Å². The lowest BCUT2D eigenvalue weighted by molar-refractivity contribution is 0.0815. The molecule has 0 aromatic heterocycles. The van der Waals surface area contributed by atoms with Gasteiger partial charge in [0.2, 0.25) is 0 Å². The summed E-state index contributed by atoms with van der Waals surface area (Å²) in [5.74, 6) is 0. The monoisotopic (exact) mass is 236 g/mol. The topological polar surface area (TPSA) is 42.3 Å². The van der Waals surface area contributed by atoms with Crippen LogP contribution in [0.15, 0.2) is 0 Å². The molecule has 0 aromatic rings. The van der Waals surface area contributed by atoms with Crippen LogP contribution in [0.25, 0.3) is 0 Å². The Kier molecular flexibility index (Phi) is 4.03. The van der Waals surface area contributed by atoms with Gasteiger partial charge in [-0.2, -0.15) is 5.26 Å². The van der Waals surface area contributed by atoms with Gasteiger partial charge in [-0.05, 0) is 52.9 Å². The SMILES string of the molecule is CNC1(C#N)CCN(C2CCN(C)CC2)CC1. The minimum Gasteiger partial charge on any atom is -0.306 e. The second-order valence-electron chi connectivity index (χ2n) is 5.51. The molecule has 0 spiro atoms. The van der Waals surface area contributed by atoms with Crippen molar-refractivity contribution in [2.24, 2.45) is 0 Å². The molecule has 2 saturated heterocycles. The summed E-state index contributed by atoms with van der Waals surface area (Å²) in [6.07, 6.45) is 4.50. The van der Waals surface area contributed by atoms with E-state index in [0.29, 0.717) is 0 Å². The van der Waals surface area contributed by atoms with E-state index < -0.39 is 0 Å². The standard InChI is InChI=1S/C13H24N4/c1-15-13(11-14)5-9-17(10-6-13)12-3-7-16(2)8-4-12/h12,15H,3-10H2,1-2H3. The van der Waals surface area contributed by atoms with E-state index >= 15 is 0 Å². The van der Waals surface area contributed by atoms with Crippen LogP contribution in [0.3, 0.4) is 0 Å². The average Bonchev–Trinajstić information content (AvgIpc) is 2.40. The van der Waals surface area contributed by atoms with Gasteiger partial charge in [0.15, 0.2) is 0 Å². The summed E-state index contributed by atoms with van der Waals surface area (Å²) in [6.45, 7) is 4.58. The number of piperidine rings is 2. The van der Waals surface area contributed by atoms with Gasteiger partial charge in [-0.25, -0.2) is 0 Å². The van der Waals surface area contributed by atoms with Crippen molar-refractivity contribution < 1.29 is 0 Å². The third-order valence-corrected chi connectivity index (χ3v) is 4.55. The number of nitrogens with zero attached hydrogens (tertiary/aromatic N) is 3. The van der Waals surface area contributed by atoms with Gasteiger partial charge in [-0.3, -0.25) is 0 Å². The normalized spacial score (nSPS) is 27.8. The van der Waals surface area contributed by atoms with Crippen LogP contribution in [0.2, 0.25) is 0 Å². The van der Waals surface area contributed by atoms with E-state index in [1.54, 1.807) is 0 Å². The summed E-state index contributed by atoms with van der Waals surface area (Å²) in [7, 11) is 4.11. The van der Waals surface area contributed by atoms with E-state index in [1.807, 2.05) is 7.05 Å². The largest absolute Gasteiger partial charge is 0.306 e. The van der Waals surface area contributed by atoms with Gasteiger partial charge in [0.05, 0.1) is 6.07 Å². The van der Waals surface area contributed by atoms with Gasteiger partial charge in [-0.15, -0.1) is 0 Å². The highest BCUT2D eigenvalue weighted by molar-refractivity contribution is 5.09. The third-order valence-electron chi connectivity index (χ3n) is 4.55. The van der Waals surface area contributed by atoms with Crippen molar-refractivity contribution in [3.8, 4) is 6.07 Å². The van der Waals surface area contributed by atoms with E-state index in [2.05, 4.69) is 28.2 Å². The molecular weight excluding hydrogens is 212 g/mol. The maximum atomic E-state index is 9.24. The first kappa shape index (κ1) is 12.8. The van der Waals surface area contributed by atoms with Crippen molar-refractivity contribution >= 4 is 0 Å². The van der Waals surface area contributed by atoms with Crippen molar-refractivity contribution in [3.05, 3.63) is 0 Å². The fourth-order valence-electron chi connectivity index (χ4n) is 3.05. The first-order valence-electron chi connectivity index (χ1n) is 6.72. The molecule has 4 nitrogen and oxygen atoms in total. The quantitative estimate of drug-likeness (QED) is 0.765. The highest BCUT2D eigenvalue weighted by Crippen LogP contribution is 2.25. The van der Waals surface area contributed by atoms with E-state index in [-0.39, 0.29) is 5.54 Å². The lowest BCUT2D eigenvalue weighted by Gasteiger charge is -2.43. The van der Waals surface area contributed by atoms with Crippen LogP contribution < -0.4 is 5.32 Å². The minimum atomic E-state index is -0.262. The van der Waals surface area contributed by atoms with E-state index in [1.165, 1.54) is 25.9 Å². The third kappa shape index (κ3) is 2.79. The van der Waals surface area contributed by atoms with Crippen LogP contribution in [0, 0.1) is 11.3 Å². The zero-order valence-electron chi connectivity index (χ0n) is 11.1. The van der Waals surface area contributed by atoms with Crippen LogP contribution in [0.5, 0.6) is 0 Å². The Hall–Kier alpha value is -0.630. The number of hydrogen-bond donors (Lipinski definition) is 1. The number of rotatable bonds is 2. The Balaban J connectivity index is 1.85. The van der Waals surface area contributed by atoms with Gasteiger partial charge >= 0.3 is 0 Å². The molecule has 1 N–H and O–H groups in total. The van der Waals surface area contributed by atoms with Crippen molar-refractivity contribution in [1.82, 2.24) is 15.1 Å². The van der Waals surface area contributed by atoms with Crippen molar-refractivity contribution in [3.63, 3.8) is 0 Å². The molecular formula is C13H24N4. The molecule has 2 heterocycles. The highest BCUT2D eigenvalue weighted by Gasteiger charge is 2.35. The second kappa shape index (κ2) is 5.34. The fourth-order valence-corrected chi connectivity index (χ4v) is 3.05. The van der Waals surface area contributed by atoms with Crippen molar-refractivity contribution in [2.75, 3.05) is 40.3 Å². The number of likely N-dealkylation sites (tertiary alicyclic amines) is 2. The zero-order valence-corrected chi connectivity index (χ0v) is 11.1. The first-order chi connectivity index (χ1) is 8.19. The maximum Gasteiger partial charge on any atom is 0.108 e. The second-order valence-corrected chi connectivity index (χ2v) is 5.51. The molecule has 0 atom stereocenters. The Bertz CT molecular complexity index is 280. The van der Waals surface area contributed by atoms with Gasteiger partial charge in [0.25, 0.3) is 0 Å². The van der Waals surface area contributed by atoms with E-state index in [4.69, 9.17) is 0 Å². The van der Waals surface area contributed by atoms with Crippen LogP contribution in [-0.4, -0.2) is 61.7 Å². The molecule has 2 aliphatic rings. The minimum absolute atomic E-state index is 0.262. The van der Waals surface area contributed by atoms with Crippen LogP contribution in [0.1, 0.15) is 25.7 Å². The van der Waals surface area contributed by atoms with Gasteiger partial charge < -0.3 is 15.1 Å². The summed E-state index contributed by atoms with van der Waals surface area (Å²) in [6, 6.07) is 3.20. The number of nitrogens with one attached hydrogen (secondary N) is 1. The molecule has 96 valence electrons. The van der Waals surface area contributed by atoms with Gasteiger partial charge in [-0.1, -0.05) is 0 Å². The Morgan fingerprint density at radius 3 is 2.24 bits per heavy atom. The summed E-state index contributed by atoms with van der Waals surface area (Å²) < 4.78 is 0. The molecule has 0 radical (unpaired) electrons. The first-order valence-corrected chi connectivity index (χ1v) is 6.72. The molecule has 0 amide bonds. The Morgan fingerprint density at radius 1 is 1.18 bits per heavy atom. The Labute approximate surface area is 105 Å². The van der Waals surface area contributed by atoms with E-state index in [9.17, 15) is 5.26 Å². The maximum absolute atomic E-state index is 9.24. The number of hydrogen-bond acceptors (Lipinski definition) is 4. The number of nitriles is 1. The Morgan fingerprint density at radius 2 is 1.76 bits per heavy atom. The lowest BCUT2D eigenvalue weighted by atomic mass is 9.87. The summed E-state index contributed by atoms with van der Waals surface area (Å²) in [4.78, 5) is 5.01. The van der Waals surface area contributed by atoms with Gasteiger partial charge in [0, 0.05) is 19.1 Å². The molecule has 2 aliphatic heterocycles. The average molecular weight is 236 g/mol. The fraction of sp³-hybridized carbons (Fsp3) is 0.923. The molecule has 0 saturated carbocycles. The van der Waals surface area contributed by atoms with Crippen molar-refractivity contribution in [2.45, 2.75) is 37.3 Å². The molecule has 0 aromatic carbocycles. The predicted molar refractivity (Wildman–Crippen MR) is 68.7 cm³/mol. The van der Waals surface area contributed by atoms with E-state index in [0.717, 1.165) is 32.0 Å². The zero-order chi connectivity index (χ0) is 12.3. The molecule has 0 bridgehead atoms. The molecule has 4 heteroatoms.